The fraction of sp³-hybridized carbons (Fsp3) is 0.667. The van der Waals surface area contributed by atoms with Gasteiger partial charge in [0.15, 0.2) is 6.67 Å². The Morgan fingerprint density at radius 3 is 0.949 bits per heavy atom. The van der Waals surface area contributed by atoms with Crippen LogP contribution in [-0.4, -0.2) is 60.0 Å². The van der Waals surface area contributed by atoms with E-state index in [4.69, 9.17) is 0 Å². The zero-order valence-corrected chi connectivity index (χ0v) is 18.0. The number of halogens is 21. The maximum absolute atomic E-state index is 14.0. The van der Waals surface area contributed by atoms with Crippen molar-refractivity contribution in [2.24, 2.45) is 0 Å². The molecule has 0 heterocycles. The average molecular weight is 624 g/mol. The fourth-order valence-corrected chi connectivity index (χ4v) is 2.64. The first-order valence-electron chi connectivity index (χ1n) is 9.22. The molecule has 1 aromatic rings. The minimum absolute atomic E-state index is 0.0977. The molecule has 0 unspecified atom stereocenters. The van der Waals surface area contributed by atoms with Crippen molar-refractivity contribution in [3.05, 3.63) is 35.4 Å². The van der Waals surface area contributed by atoms with Gasteiger partial charge in [0.1, 0.15) is 0 Å². The summed E-state index contributed by atoms with van der Waals surface area (Å²) in [4.78, 5) is 0. The molecule has 0 saturated heterocycles. The van der Waals surface area contributed by atoms with Crippen molar-refractivity contribution >= 4 is 0 Å². The molecule has 1 rings (SSSR count). The molecular formula is C18H9F21. The van der Waals surface area contributed by atoms with Gasteiger partial charge in [0.2, 0.25) is 0 Å². The second kappa shape index (κ2) is 9.13. The Morgan fingerprint density at radius 2 is 0.667 bits per heavy atom. The van der Waals surface area contributed by atoms with Gasteiger partial charge < -0.3 is 0 Å². The zero-order valence-electron chi connectivity index (χ0n) is 18.0. The Kier molecular flexibility index (Phi) is 8.14. The van der Waals surface area contributed by atoms with Gasteiger partial charge in [-0.15, -0.1) is 0 Å². The van der Waals surface area contributed by atoms with E-state index in [9.17, 15) is 92.2 Å². The summed E-state index contributed by atoms with van der Waals surface area (Å²) in [7, 11) is 0. The van der Waals surface area contributed by atoms with Crippen LogP contribution in [0.3, 0.4) is 0 Å². The van der Waals surface area contributed by atoms with E-state index < -0.39 is 71.5 Å². The van der Waals surface area contributed by atoms with Gasteiger partial charge in [-0.05, 0) is 6.92 Å². The minimum Gasteiger partial charge on any atom is -0.244 e. The van der Waals surface area contributed by atoms with Crippen LogP contribution in [-0.2, 0) is 5.92 Å². The smallest absolute Gasteiger partial charge is 0.244 e. The highest BCUT2D eigenvalue weighted by Crippen LogP contribution is 2.66. The molecule has 0 fully saturated rings. The summed E-state index contributed by atoms with van der Waals surface area (Å²) in [5, 5.41) is 0. The number of hydrogen-bond donors (Lipinski definition) is 0. The molecule has 39 heavy (non-hydrogen) atoms. The van der Waals surface area contributed by atoms with E-state index in [-0.39, 0.29) is 17.7 Å². The van der Waals surface area contributed by atoms with Crippen LogP contribution in [0.1, 0.15) is 11.1 Å². The Morgan fingerprint density at radius 1 is 0.410 bits per heavy atom. The number of aryl methyl sites for hydroxylation is 1. The molecule has 0 N–H and O–H groups in total. The van der Waals surface area contributed by atoms with E-state index in [1.807, 2.05) is 0 Å². The van der Waals surface area contributed by atoms with E-state index >= 15 is 0 Å². The number of benzene rings is 1. The molecule has 0 aliphatic carbocycles. The topological polar surface area (TPSA) is 0 Å². The Hall–Kier alpha value is -2.25. The normalized spacial score (nSPS) is 16.1. The van der Waals surface area contributed by atoms with Crippen LogP contribution in [0.2, 0.25) is 0 Å². The highest BCUT2D eigenvalue weighted by Gasteiger charge is 2.97. The molecule has 0 aliphatic rings. The summed E-state index contributed by atoms with van der Waals surface area (Å²) in [6, 6.07) is 0.473. The van der Waals surface area contributed by atoms with Crippen LogP contribution in [0.5, 0.6) is 0 Å². The van der Waals surface area contributed by atoms with E-state index in [2.05, 4.69) is 0 Å². The maximum Gasteiger partial charge on any atom is 0.385 e. The standard InChI is InChI=1S/C18H9F21/c1-7-2-4-8(5-3-7)10(22,23)12(26,27)14(30,31)16(34,35)18(38,39)17(36,37)15(32,33)13(28,29)11(24,25)9(20,21)6-19/h2-5H,6H2,1H3. The molecular weight excluding hydrogens is 615 g/mol. The van der Waals surface area contributed by atoms with Gasteiger partial charge in [-0.2, -0.15) is 87.8 Å². The predicted molar refractivity (Wildman–Crippen MR) is 85.6 cm³/mol. The molecule has 0 aliphatic heterocycles. The molecule has 0 amide bonds. The molecule has 0 radical (unpaired) electrons. The highest BCUT2D eigenvalue weighted by molar-refractivity contribution is 5.29. The van der Waals surface area contributed by atoms with Gasteiger partial charge in [0, 0.05) is 5.56 Å². The quantitative estimate of drug-likeness (QED) is 0.216. The molecule has 0 nitrogen and oxygen atoms in total. The average Bonchev–Trinajstić information content (AvgIpc) is 2.78. The molecule has 0 aromatic heterocycles. The lowest BCUT2D eigenvalue weighted by Crippen LogP contribution is -2.77. The first kappa shape index (κ1) is 34.8. The van der Waals surface area contributed by atoms with E-state index in [1.165, 1.54) is 0 Å². The lowest BCUT2D eigenvalue weighted by Gasteiger charge is -2.45. The number of alkyl halides is 21. The zero-order chi connectivity index (χ0) is 31.7. The summed E-state index contributed by atoms with van der Waals surface area (Å²) >= 11 is 0. The van der Waals surface area contributed by atoms with Gasteiger partial charge in [0.05, 0.1) is 0 Å². The largest absolute Gasteiger partial charge is 0.385 e. The highest BCUT2D eigenvalue weighted by atomic mass is 19.4. The first-order chi connectivity index (χ1) is 16.8. The number of hydrogen-bond acceptors (Lipinski definition) is 0. The summed E-state index contributed by atoms with van der Waals surface area (Å²) in [6.07, 6.45) is 0. The third kappa shape index (κ3) is 4.26. The van der Waals surface area contributed by atoms with Crippen molar-refractivity contribution in [3.8, 4) is 0 Å². The van der Waals surface area contributed by atoms with Gasteiger partial charge in [-0.25, -0.2) is 4.39 Å². The van der Waals surface area contributed by atoms with Gasteiger partial charge in [0.25, 0.3) is 0 Å². The van der Waals surface area contributed by atoms with Crippen LogP contribution < -0.4 is 0 Å². The van der Waals surface area contributed by atoms with Crippen molar-refractivity contribution in [2.75, 3.05) is 6.67 Å². The van der Waals surface area contributed by atoms with E-state index in [0.29, 0.717) is 12.1 Å². The molecule has 1 aromatic carbocycles. The molecule has 0 saturated carbocycles. The van der Waals surface area contributed by atoms with Crippen LogP contribution in [0.15, 0.2) is 24.3 Å². The van der Waals surface area contributed by atoms with Gasteiger partial charge in [-0.3, -0.25) is 0 Å². The summed E-state index contributed by atoms with van der Waals surface area (Å²) < 4.78 is 284. The van der Waals surface area contributed by atoms with Crippen LogP contribution in [0, 0.1) is 6.92 Å². The van der Waals surface area contributed by atoms with Crippen molar-refractivity contribution < 1.29 is 92.2 Å². The lowest BCUT2D eigenvalue weighted by atomic mass is 9.84. The van der Waals surface area contributed by atoms with Crippen molar-refractivity contribution in [1.29, 1.82) is 0 Å². The lowest BCUT2D eigenvalue weighted by molar-refractivity contribution is -0.470. The van der Waals surface area contributed by atoms with Crippen LogP contribution in [0.25, 0.3) is 0 Å². The van der Waals surface area contributed by atoms with Crippen LogP contribution >= 0.6 is 0 Å². The molecule has 0 atom stereocenters. The number of rotatable bonds is 11. The molecule has 21 heteroatoms. The SMILES string of the molecule is Cc1ccc(C(F)(F)C(F)(F)C(F)(F)C(F)(F)C(F)(F)C(F)(F)C(F)(F)C(F)(F)C(F)(F)C(F)(F)CF)cc1. The Labute approximate surface area is 201 Å². The van der Waals surface area contributed by atoms with Gasteiger partial charge >= 0.3 is 59.2 Å². The van der Waals surface area contributed by atoms with Crippen molar-refractivity contribution in [1.82, 2.24) is 0 Å². The third-order valence-corrected chi connectivity index (χ3v) is 5.20. The second-order valence-corrected chi connectivity index (χ2v) is 7.87. The maximum atomic E-state index is 14.0. The van der Waals surface area contributed by atoms with Crippen LogP contribution in [0.4, 0.5) is 92.2 Å². The summed E-state index contributed by atoms with van der Waals surface area (Å²) in [6.45, 7) is -3.05. The predicted octanol–water partition coefficient (Wildman–Crippen LogP) is 8.77. The molecule has 0 bridgehead atoms. The van der Waals surface area contributed by atoms with E-state index in [0.717, 1.165) is 6.92 Å². The van der Waals surface area contributed by atoms with E-state index in [1.54, 1.807) is 0 Å². The molecule has 228 valence electrons. The van der Waals surface area contributed by atoms with Crippen molar-refractivity contribution in [3.63, 3.8) is 0 Å². The Bertz CT molecular complexity index is 1020. The monoisotopic (exact) mass is 624 g/mol. The fourth-order valence-electron chi connectivity index (χ4n) is 2.64. The third-order valence-electron chi connectivity index (χ3n) is 5.20. The summed E-state index contributed by atoms with van der Waals surface area (Å²) in [5.41, 5.74) is -2.48. The summed E-state index contributed by atoms with van der Waals surface area (Å²) in [5.74, 6) is -83.5. The second-order valence-electron chi connectivity index (χ2n) is 7.87. The molecule has 0 spiro atoms. The van der Waals surface area contributed by atoms with Gasteiger partial charge in [-0.1, -0.05) is 29.8 Å². The first-order valence-corrected chi connectivity index (χ1v) is 9.22. The Balaban J connectivity index is 3.82. The van der Waals surface area contributed by atoms with Crippen molar-refractivity contribution in [2.45, 2.75) is 66.1 Å². The minimum atomic E-state index is -9.12.